The van der Waals surface area contributed by atoms with Crippen LogP contribution >= 0.6 is 0 Å². The zero-order valence-electron chi connectivity index (χ0n) is 12.6. The van der Waals surface area contributed by atoms with Crippen molar-refractivity contribution >= 4 is 16.8 Å². The SMILES string of the molecule is COc1ccc2[nH]c(C)c(CC(=O)NCc3ccco3)c2c1. The molecule has 5 nitrogen and oxygen atoms in total. The predicted octanol–water partition coefficient (Wildman–Crippen LogP) is 2.94. The van der Waals surface area contributed by atoms with Gasteiger partial charge in [0.1, 0.15) is 11.5 Å². The fourth-order valence-corrected chi connectivity index (χ4v) is 2.54. The van der Waals surface area contributed by atoms with Crippen LogP contribution in [0.2, 0.25) is 0 Å². The van der Waals surface area contributed by atoms with Crippen LogP contribution in [0.5, 0.6) is 5.75 Å². The molecule has 0 saturated heterocycles. The maximum atomic E-state index is 12.2. The van der Waals surface area contributed by atoms with Crippen molar-refractivity contribution in [2.24, 2.45) is 0 Å². The van der Waals surface area contributed by atoms with Crippen LogP contribution in [0.4, 0.5) is 0 Å². The minimum absolute atomic E-state index is 0.0387. The second-order valence-electron chi connectivity index (χ2n) is 5.17. The Hall–Kier alpha value is -2.69. The topological polar surface area (TPSA) is 67.3 Å². The van der Waals surface area contributed by atoms with Crippen molar-refractivity contribution in [2.45, 2.75) is 19.9 Å². The Morgan fingerprint density at radius 3 is 2.95 bits per heavy atom. The molecule has 3 aromatic rings. The Bertz CT molecular complexity index is 788. The summed E-state index contributed by atoms with van der Waals surface area (Å²) in [7, 11) is 1.64. The Balaban J connectivity index is 1.77. The predicted molar refractivity (Wildman–Crippen MR) is 83.8 cm³/mol. The van der Waals surface area contributed by atoms with E-state index in [1.807, 2.05) is 31.2 Å². The zero-order valence-corrected chi connectivity index (χ0v) is 12.6. The van der Waals surface area contributed by atoms with Crippen molar-refractivity contribution in [1.29, 1.82) is 0 Å². The Labute approximate surface area is 128 Å². The number of methoxy groups -OCH3 is 1. The maximum absolute atomic E-state index is 12.2. The summed E-state index contributed by atoms with van der Waals surface area (Å²) in [6.07, 6.45) is 1.91. The van der Waals surface area contributed by atoms with Crippen molar-refractivity contribution in [1.82, 2.24) is 10.3 Å². The molecule has 0 aliphatic carbocycles. The molecule has 2 aromatic heterocycles. The summed E-state index contributed by atoms with van der Waals surface area (Å²) in [6.45, 7) is 2.37. The van der Waals surface area contributed by atoms with Gasteiger partial charge in [-0.05, 0) is 42.8 Å². The van der Waals surface area contributed by atoms with Crippen LogP contribution < -0.4 is 10.1 Å². The lowest BCUT2D eigenvalue weighted by Crippen LogP contribution is -2.24. The van der Waals surface area contributed by atoms with Gasteiger partial charge in [-0.15, -0.1) is 0 Å². The summed E-state index contributed by atoms with van der Waals surface area (Å²) in [5, 5.41) is 3.88. The lowest BCUT2D eigenvalue weighted by molar-refractivity contribution is -0.120. The van der Waals surface area contributed by atoms with E-state index < -0.39 is 0 Å². The number of carbonyl (C=O) groups excluding carboxylic acids is 1. The van der Waals surface area contributed by atoms with E-state index in [-0.39, 0.29) is 5.91 Å². The average Bonchev–Trinajstić information content (AvgIpc) is 3.13. The third-order valence-electron chi connectivity index (χ3n) is 3.70. The fraction of sp³-hybridized carbons (Fsp3) is 0.235. The van der Waals surface area contributed by atoms with Crippen molar-refractivity contribution < 1.29 is 13.9 Å². The molecule has 3 rings (SSSR count). The van der Waals surface area contributed by atoms with E-state index in [4.69, 9.17) is 9.15 Å². The molecule has 0 atom stereocenters. The lowest BCUT2D eigenvalue weighted by atomic mass is 10.1. The van der Waals surface area contributed by atoms with E-state index >= 15 is 0 Å². The van der Waals surface area contributed by atoms with E-state index in [1.54, 1.807) is 19.4 Å². The van der Waals surface area contributed by atoms with Gasteiger partial charge in [0.15, 0.2) is 0 Å². The standard InChI is InChI=1S/C17H18N2O3/c1-11-14(9-17(20)18-10-13-4-3-7-22-13)15-8-12(21-2)5-6-16(15)19-11/h3-8,19H,9-10H2,1-2H3,(H,18,20). The number of rotatable bonds is 5. The number of amides is 1. The van der Waals surface area contributed by atoms with Gasteiger partial charge in [-0.2, -0.15) is 0 Å². The number of hydrogen-bond acceptors (Lipinski definition) is 3. The first-order chi connectivity index (χ1) is 10.7. The van der Waals surface area contributed by atoms with Crippen LogP contribution in [0.3, 0.4) is 0 Å². The molecule has 0 saturated carbocycles. The van der Waals surface area contributed by atoms with Gasteiger partial charge in [-0.25, -0.2) is 0 Å². The molecule has 0 unspecified atom stereocenters. The molecule has 0 spiro atoms. The first-order valence-corrected chi connectivity index (χ1v) is 7.11. The van der Waals surface area contributed by atoms with Gasteiger partial charge in [0.05, 0.1) is 26.3 Å². The van der Waals surface area contributed by atoms with E-state index in [0.717, 1.165) is 33.7 Å². The van der Waals surface area contributed by atoms with Crippen molar-refractivity contribution in [2.75, 3.05) is 7.11 Å². The Morgan fingerprint density at radius 1 is 1.36 bits per heavy atom. The maximum Gasteiger partial charge on any atom is 0.224 e. The molecule has 0 aliphatic heterocycles. The first-order valence-electron chi connectivity index (χ1n) is 7.11. The average molecular weight is 298 g/mol. The smallest absolute Gasteiger partial charge is 0.224 e. The highest BCUT2D eigenvalue weighted by molar-refractivity contribution is 5.90. The molecule has 0 bridgehead atoms. The van der Waals surface area contributed by atoms with Gasteiger partial charge in [-0.3, -0.25) is 4.79 Å². The lowest BCUT2D eigenvalue weighted by Gasteiger charge is -2.05. The van der Waals surface area contributed by atoms with Gasteiger partial charge < -0.3 is 19.5 Å². The third kappa shape index (κ3) is 2.83. The molecule has 114 valence electrons. The fourth-order valence-electron chi connectivity index (χ4n) is 2.54. The van der Waals surface area contributed by atoms with E-state index in [9.17, 15) is 4.79 Å². The van der Waals surface area contributed by atoms with Crippen LogP contribution in [0.1, 0.15) is 17.0 Å². The number of aromatic nitrogens is 1. The molecule has 0 fully saturated rings. The molecule has 1 aromatic carbocycles. The number of carbonyl (C=O) groups is 1. The number of fused-ring (bicyclic) bond motifs is 1. The summed E-state index contributed by atoms with van der Waals surface area (Å²) >= 11 is 0. The molecular formula is C17H18N2O3. The van der Waals surface area contributed by atoms with Gasteiger partial charge in [-0.1, -0.05) is 0 Å². The molecular weight excluding hydrogens is 280 g/mol. The summed E-state index contributed by atoms with van der Waals surface area (Å²) in [5.74, 6) is 1.48. The van der Waals surface area contributed by atoms with Gasteiger partial charge >= 0.3 is 0 Å². The highest BCUT2D eigenvalue weighted by Gasteiger charge is 2.13. The van der Waals surface area contributed by atoms with Crippen molar-refractivity contribution in [3.8, 4) is 5.75 Å². The van der Waals surface area contributed by atoms with Crippen molar-refractivity contribution in [3.05, 3.63) is 53.6 Å². The number of aromatic amines is 1. The Kier molecular flexibility index (Phi) is 3.87. The third-order valence-corrected chi connectivity index (χ3v) is 3.70. The van der Waals surface area contributed by atoms with Crippen molar-refractivity contribution in [3.63, 3.8) is 0 Å². The molecule has 0 aliphatic rings. The first kappa shape index (κ1) is 14.3. The molecule has 2 N–H and O–H groups in total. The number of H-pyrrole nitrogens is 1. The van der Waals surface area contributed by atoms with E-state index in [1.165, 1.54) is 0 Å². The monoisotopic (exact) mass is 298 g/mol. The zero-order chi connectivity index (χ0) is 15.5. The molecule has 5 heteroatoms. The minimum Gasteiger partial charge on any atom is -0.497 e. The highest BCUT2D eigenvalue weighted by Crippen LogP contribution is 2.26. The number of furan rings is 1. The van der Waals surface area contributed by atoms with Gasteiger partial charge in [0.25, 0.3) is 0 Å². The molecule has 0 radical (unpaired) electrons. The van der Waals surface area contributed by atoms with E-state index in [0.29, 0.717) is 13.0 Å². The van der Waals surface area contributed by atoms with E-state index in [2.05, 4.69) is 10.3 Å². The second kappa shape index (κ2) is 5.97. The van der Waals surface area contributed by atoms with Crippen LogP contribution in [-0.4, -0.2) is 18.0 Å². The number of ether oxygens (including phenoxy) is 1. The summed E-state index contributed by atoms with van der Waals surface area (Å²) in [6, 6.07) is 9.46. The van der Waals surface area contributed by atoms with Gasteiger partial charge in [0.2, 0.25) is 5.91 Å². The van der Waals surface area contributed by atoms with Crippen LogP contribution in [0.15, 0.2) is 41.0 Å². The number of hydrogen-bond donors (Lipinski definition) is 2. The van der Waals surface area contributed by atoms with Crippen LogP contribution in [0.25, 0.3) is 10.9 Å². The molecule has 22 heavy (non-hydrogen) atoms. The Morgan fingerprint density at radius 2 is 2.23 bits per heavy atom. The molecule has 2 heterocycles. The number of nitrogens with one attached hydrogen (secondary N) is 2. The highest BCUT2D eigenvalue weighted by atomic mass is 16.5. The van der Waals surface area contributed by atoms with Crippen LogP contribution in [-0.2, 0) is 17.8 Å². The molecule has 1 amide bonds. The number of benzene rings is 1. The second-order valence-corrected chi connectivity index (χ2v) is 5.17. The summed E-state index contributed by atoms with van der Waals surface area (Å²) < 4.78 is 10.5. The summed E-state index contributed by atoms with van der Waals surface area (Å²) in [5.41, 5.74) is 2.99. The normalized spacial score (nSPS) is 10.8. The summed E-state index contributed by atoms with van der Waals surface area (Å²) in [4.78, 5) is 15.5. The number of aryl methyl sites for hydroxylation is 1. The van der Waals surface area contributed by atoms with Crippen LogP contribution in [0, 0.1) is 6.92 Å². The van der Waals surface area contributed by atoms with Gasteiger partial charge in [0, 0.05) is 16.6 Å². The largest absolute Gasteiger partial charge is 0.497 e. The quantitative estimate of drug-likeness (QED) is 0.761. The minimum atomic E-state index is -0.0387.